The summed E-state index contributed by atoms with van der Waals surface area (Å²) in [6.45, 7) is 2.57. The predicted molar refractivity (Wildman–Crippen MR) is 128 cm³/mol. The van der Waals surface area contributed by atoms with Gasteiger partial charge in [0.1, 0.15) is 11.5 Å². The van der Waals surface area contributed by atoms with Crippen molar-refractivity contribution in [2.75, 3.05) is 6.61 Å². The molecule has 1 fully saturated rings. The maximum atomic E-state index is 13.1. The van der Waals surface area contributed by atoms with Gasteiger partial charge in [0.25, 0.3) is 11.7 Å². The van der Waals surface area contributed by atoms with E-state index in [1.165, 1.54) is 4.90 Å². The highest BCUT2D eigenvalue weighted by molar-refractivity contribution is 6.46. The molecule has 33 heavy (non-hydrogen) atoms. The molecular weight excluding hydrogens is 461 g/mol. The number of halogens is 2. The first kappa shape index (κ1) is 22.9. The fourth-order valence-corrected chi connectivity index (χ4v) is 4.19. The molecule has 3 aromatic rings. The number of hydrogen-bond acceptors (Lipinski definition) is 4. The zero-order chi connectivity index (χ0) is 23.5. The van der Waals surface area contributed by atoms with Crippen molar-refractivity contribution in [1.82, 2.24) is 4.90 Å². The lowest BCUT2D eigenvalue weighted by molar-refractivity contribution is -0.140. The predicted octanol–water partition coefficient (Wildman–Crippen LogP) is 6.01. The first-order chi connectivity index (χ1) is 15.9. The van der Waals surface area contributed by atoms with Gasteiger partial charge in [-0.3, -0.25) is 9.59 Å². The van der Waals surface area contributed by atoms with Gasteiger partial charge in [-0.05, 0) is 54.4 Å². The second-order valence-corrected chi connectivity index (χ2v) is 8.36. The van der Waals surface area contributed by atoms with Crippen molar-refractivity contribution in [3.05, 3.63) is 105 Å². The average Bonchev–Trinajstić information content (AvgIpc) is 3.07. The summed E-state index contributed by atoms with van der Waals surface area (Å²) in [5, 5.41) is 11.8. The molecule has 1 heterocycles. The number of carbonyl (C=O) groups excluding carboxylic acids is 2. The van der Waals surface area contributed by atoms with Gasteiger partial charge in [-0.25, -0.2) is 0 Å². The van der Waals surface area contributed by atoms with Gasteiger partial charge in [-0.1, -0.05) is 59.6 Å². The fourth-order valence-electron chi connectivity index (χ4n) is 3.88. The summed E-state index contributed by atoms with van der Waals surface area (Å²) < 4.78 is 5.45. The zero-order valence-corrected chi connectivity index (χ0v) is 19.3. The third-order valence-electron chi connectivity index (χ3n) is 5.43. The molecule has 1 atom stereocenters. The quantitative estimate of drug-likeness (QED) is 0.265. The molecule has 5 nitrogen and oxygen atoms in total. The van der Waals surface area contributed by atoms with E-state index in [4.69, 9.17) is 27.9 Å². The van der Waals surface area contributed by atoms with Gasteiger partial charge in [0.15, 0.2) is 0 Å². The molecule has 3 aromatic carbocycles. The maximum Gasteiger partial charge on any atom is 0.295 e. The van der Waals surface area contributed by atoms with E-state index in [1.807, 2.05) is 37.3 Å². The number of benzene rings is 3. The van der Waals surface area contributed by atoms with Crippen molar-refractivity contribution in [2.45, 2.75) is 19.5 Å². The zero-order valence-electron chi connectivity index (χ0n) is 17.8. The second-order valence-electron chi connectivity index (χ2n) is 7.54. The number of ketones is 1. The third-order valence-corrected chi connectivity index (χ3v) is 6.17. The van der Waals surface area contributed by atoms with Crippen LogP contribution in [-0.4, -0.2) is 28.3 Å². The molecule has 0 bridgehead atoms. The Morgan fingerprint density at radius 1 is 0.970 bits per heavy atom. The summed E-state index contributed by atoms with van der Waals surface area (Å²) in [6.07, 6.45) is 0. The minimum Gasteiger partial charge on any atom is -0.507 e. The lowest BCUT2D eigenvalue weighted by Crippen LogP contribution is -2.29. The van der Waals surface area contributed by atoms with E-state index >= 15 is 0 Å². The number of hydrogen-bond donors (Lipinski definition) is 1. The molecular formula is C26H21Cl2NO4. The fraction of sp³-hybridized carbons (Fsp3) is 0.154. The first-order valence-corrected chi connectivity index (χ1v) is 11.2. The van der Waals surface area contributed by atoms with Gasteiger partial charge in [-0.15, -0.1) is 0 Å². The summed E-state index contributed by atoms with van der Waals surface area (Å²) in [6, 6.07) is 20.1. The number of ether oxygens (including phenoxy) is 1. The minimum absolute atomic E-state index is 0.00141. The summed E-state index contributed by atoms with van der Waals surface area (Å²) in [5.74, 6) is -1.07. The van der Waals surface area contributed by atoms with Gasteiger partial charge in [0, 0.05) is 12.1 Å². The molecule has 0 aliphatic carbocycles. The summed E-state index contributed by atoms with van der Waals surface area (Å²) in [4.78, 5) is 27.7. The number of likely N-dealkylation sites (tertiary alicyclic amines) is 1. The van der Waals surface area contributed by atoms with Crippen LogP contribution in [0.4, 0.5) is 0 Å². The van der Waals surface area contributed by atoms with E-state index in [0.717, 1.165) is 5.56 Å². The molecule has 1 amide bonds. The number of rotatable bonds is 6. The van der Waals surface area contributed by atoms with Crippen LogP contribution < -0.4 is 4.74 Å². The van der Waals surface area contributed by atoms with Crippen LogP contribution >= 0.6 is 23.2 Å². The number of amides is 1. The van der Waals surface area contributed by atoms with Crippen LogP contribution in [0.15, 0.2) is 78.4 Å². The molecule has 4 rings (SSSR count). The van der Waals surface area contributed by atoms with Gasteiger partial charge in [0.05, 0.1) is 28.3 Å². The first-order valence-electron chi connectivity index (χ1n) is 10.4. The Balaban J connectivity index is 1.84. The lowest BCUT2D eigenvalue weighted by Gasteiger charge is -2.25. The largest absolute Gasteiger partial charge is 0.507 e. The van der Waals surface area contributed by atoms with E-state index in [9.17, 15) is 14.7 Å². The maximum absolute atomic E-state index is 13.1. The van der Waals surface area contributed by atoms with Gasteiger partial charge in [0.2, 0.25) is 0 Å². The van der Waals surface area contributed by atoms with Crippen molar-refractivity contribution in [3.63, 3.8) is 0 Å². The van der Waals surface area contributed by atoms with Crippen LogP contribution in [0.5, 0.6) is 5.75 Å². The highest BCUT2D eigenvalue weighted by atomic mass is 35.5. The standard InChI is InChI=1S/C26H21Cl2NO4/c1-2-33-19-11-8-17(9-12-19)24(30)22-23(18-10-13-20(27)21(28)14-18)29(26(32)25(22)31)15-16-6-4-3-5-7-16/h3-14,23,30H,2,15H2,1H3. The number of Topliss-reactive ketones (excluding diaryl/α,β-unsaturated/α-hetero) is 1. The molecule has 0 aromatic heterocycles. The molecule has 0 saturated carbocycles. The number of aliphatic hydroxyl groups is 1. The Morgan fingerprint density at radius 3 is 2.30 bits per heavy atom. The topological polar surface area (TPSA) is 66.8 Å². The van der Waals surface area contributed by atoms with E-state index in [1.54, 1.807) is 42.5 Å². The summed E-state index contributed by atoms with van der Waals surface area (Å²) in [5.41, 5.74) is 1.83. The van der Waals surface area contributed by atoms with Crippen LogP contribution in [0.1, 0.15) is 29.7 Å². The van der Waals surface area contributed by atoms with E-state index < -0.39 is 17.7 Å². The molecule has 0 spiro atoms. The number of aliphatic hydroxyl groups excluding tert-OH is 1. The van der Waals surface area contributed by atoms with Crippen molar-refractivity contribution in [2.24, 2.45) is 0 Å². The Morgan fingerprint density at radius 2 is 1.67 bits per heavy atom. The van der Waals surface area contributed by atoms with Crippen LogP contribution in [0, 0.1) is 0 Å². The molecule has 168 valence electrons. The Labute approximate surface area is 201 Å². The average molecular weight is 482 g/mol. The Hall–Kier alpha value is -3.28. The van der Waals surface area contributed by atoms with Gasteiger partial charge < -0.3 is 14.7 Å². The molecule has 1 aliphatic heterocycles. The molecule has 1 N–H and O–H groups in total. The third kappa shape index (κ3) is 4.61. The van der Waals surface area contributed by atoms with Crippen molar-refractivity contribution < 1.29 is 19.4 Å². The molecule has 1 saturated heterocycles. The highest BCUT2D eigenvalue weighted by Gasteiger charge is 2.46. The minimum atomic E-state index is -0.827. The summed E-state index contributed by atoms with van der Waals surface area (Å²) in [7, 11) is 0. The number of carbonyl (C=O) groups is 2. The second kappa shape index (κ2) is 9.69. The summed E-state index contributed by atoms with van der Waals surface area (Å²) >= 11 is 12.3. The van der Waals surface area contributed by atoms with Crippen LogP contribution in [0.2, 0.25) is 10.0 Å². The smallest absolute Gasteiger partial charge is 0.295 e. The van der Waals surface area contributed by atoms with Crippen LogP contribution in [0.25, 0.3) is 5.76 Å². The van der Waals surface area contributed by atoms with Crippen LogP contribution in [0.3, 0.4) is 0 Å². The number of nitrogens with zero attached hydrogens (tertiary/aromatic N) is 1. The molecule has 1 aliphatic rings. The Bertz CT molecular complexity index is 1220. The SMILES string of the molecule is CCOc1ccc(C(O)=C2C(=O)C(=O)N(Cc3ccccc3)C2c2ccc(Cl)c(Cl)c2)cc1. The van der Waals surface area contributed by atoms with E-state index in [-0.39, 0.29) is 17.9 Å². The van der Waals surface area contributed by atoms with Crippen molar-refractivity contribution in [3.8, 4) is 5.75 Å². The monoisotopic (exact) mass is 481 g/mol. The molecule has 0 radical (unpaired) electrons. The normalized spacial score (nSPS) is 17.4. The van der Waals surface area contributed by atoms with Gasteiger partial charge in [-0.2, -0.15) is 0 Å². The lowest BCUT2D eigenvalue weighted by atomic mass is 9.95. The Kier molecular flexibility index (Phi) is 6.72. The van der Waals surface area contributed by atoms with Crippen molar-refractivity contribution >= 4 is 40.7 Å². The highest BCUT2D eigenvalue weighted by Crippen LogP contribution is 2.41. The van der Waals surface area contributed by atoms with Crippen LogP contribution in [-0.2, 0) is 16.1 Å². The van der Waals surface area contributed by atoms with Gasteiger partial charge >= 0.3 is 0 Å². The molecule has 7 heteroatoms. The van der Waals surface area contributed by atoms with E-state index in [2.05, 4.69) is 0 Å². The molecule has 1 unspecified atom stereocenters. The van der Waals surface area contributed by atoms with Crippen molar-refractivity contribution in [1.29, 1.82) is 0 Å². The van der Waals surface area contributed by atoms with E-state index in [0.29, 0.717) is 33.5 Å².